The molecular formula is C17H22N2O2. The zero-order valence-electron chi connectivity index (χ0n) is 12.8. The topological polar surface area (TPSA) is 54.3 Å². The molecule has 1 aromatic carbocycles. The molecule has 1 aromatic heterocycles. The van der Waals surface area contributed by atoms with Crippen molar-refractivity contribution in [2.24, 2.45) is 0 Å². The van der Waals surface area contributed by atoms with Gasteiger partial charge in [0.15, 0.2) is 0 Å². The van der Waals surface area contributed by atoms with E-state index in [0.29, 0.717) is 18.5 Å². The van der Waals surface area contributed by atoms with E-state index in [0.717, 1.165) is 5.69 Å². The van der Waals surface area contributed by atoms with Gasteiger partial charge >= 0.3 is 0 Å². The molecule has 2 aromatic rings. The molecule has 1 amide bonds. The number of carbonyl (C=O) groups is 1. The molecular weight excluding hydrogens is 264 g/mol. The Morgan fingerprint density at radius 3 is 2.24 bits per heavy atom. The Balaban J connectivity index is 2.07. The van der Waals surface area contributed by atoms with E-state index in [2.05, 4.69) is 35.9 Å². The van der Waals surface area contributed by atoms with Crippen molar-refractivity contribution in [1.82, 2.24) is 9.88 Å². The zero-order chi connectivity index (χ0) is 15.4. The van der Waals surface area contributed by atoms with Crippen LogP contribution in [0, 0.1) is 13.8 Å². The highest BCUT2D eigenvalue weighted by atomic mass is 16.3. The van der Waals surface area contributed by atoms with Crippen molar-refractivity contribution in [3.8, 4) is 5.69 Å². The number of benzene rings is 1. The second kappa shape index (κ2) is 6.59. The van der Waals surface area contributed by atoms with Crippen molar-refractivity contribution < 1.29 is 9.90 Å². The summed E-state index contributed by atoms with van der Waals surface area (Å²) in [6, 6.07) is 11.7. The van der Waals surface area contributed by atoms with Gasteiger partial charge in [-0.1, -0.05) is 0 Å². The van der Waals surface area contributed by atoms with Crippen LogP contribution in [0.3, 0.4) is 0 Å². The van der Waals surface area contributed by atoms with Crippen molar-refractivity contribution in [3.63, 3.8) is 0 Å². The molecule has 0 aliphatic carbocycles. The molecule has 0 aliphatic heterocycles. The fourth-order valence-electron chi connectivity index (χ4n) is 2.33. The molecule has 0 fully saturated rings. The number of hydrogen-bond donors (Lipinski definition) is 2. The van der Waals surface area contributed by atoms with Crippen LogP contribution in [0.15, 0.2) is 36.4 Å². The average Bonchev–Trinajstić information content (AvgIpc) is 2.78. The lowest BCUT2D eigenvalue weighted by Crippen LogP contribution is -2.26. The van der Waals surface area contributed by atoms with E-state index in [9.17, 15) is 9.90 Å². The number of aliphatic hydroxyl groups excluding tert-OH is 1. The van der Waals surface area contributed by atoms with Crippen LogP contribution in [0.2, 0.25) is 0 Å². The second-order valence-corrected chi connectivity index (χ2v) is 5.39. The van der Waals surface area contributed by atoms with Crippen LogP contribution < -0.4 is 5.32 Å². The number of hydrogen-bond acceptors (Lipinski definition) is 2. The fraction of sp³-hybridized carbons (Fsp3) is 0.353. The molecule has 4 nitrogen and oxygen atoms in total. The molecule has 0 saturated heterocycles. The van der Waals surface area contributed by atoms with Gasteiger partial charge in [0.05, 0.1) is 6.10 Å². The third-order valence-corrected chi connectivity index (χ3v) is 3.51. The van der Waals surface area contributed by atoms with Gasteiger partial charge in [-0.2, -0.15) is 0 Å². The summed E-state index contributed by atoms with van der Waals surface area (Å²) in [5, 5.41) is 12.0. The first-order valence-corrected chi connectivity index (χ1v) is 7.20. The summed E-state index contributed by atoms with van der Waals surface area (Å²) >= 11 is 0. The number of amides is 1. The molecule has 0 saturated carbocycles. The summed E-state index contributed by atoms with van der Waals surface area (Å²) in [7, 11) is 0. The molecule has 0 radical (unpaired) electrons. The molecule has 1 heterocycles. The zero-order valence-corrected chi connectivity index (χ0v) is 12.8. The average molecular weight is 286 g/mol. The normalized spacial score (nSPS) is 12.2. The summed E-state index contributed by atoms with van der Waals surface area (Å²) < 4.78 is 2.15. The lowest BCUT2D eigenvalue weighted by molar-refractivity contribution is 0.0945. The molecule has 0 spiro atoms. The van der Waals surface area contributed by atoms with Crippen LogP contribution in [-0.2, 0) is 0 Å². The number of aliphatic hydroxyl groups is 1. The van der Waals surface area contributed by atoms with Crippen LogP contribution in [0.5, 0.6) is 0 Å². The Morgan fingerprint density at radius 1 is 1.14 bits per heavy atom. The highest BCUT2D eigenvalue weighted by molar-refractivity contribution is 5.94. The quantitative estimate of drug-likeness (QED) is 0.887. The van der Waals surface area contributed by atoms with Gasteiger partial charge < -0.3 is 15.0 Å². The van der Waals surface area contributed by atoms with Crippen molar-refractivity contribution in [1.29, 1.82) is 0 Å². The SMILES string of the molecule is Cc1ccc(C)n1-c1ccc(C(=O)NCCC(C)O)cc1. The molecule has 1 atom stereocenters. The molecule has 112 valence electrons. The summed E-state index contributed by atoms with van der Waals surface area (Å²) in [5.74, 6) is -0.108. The van der Waals surface area contributed by atoms with Crippen molar-refractivity contribution in [2.45, 2.75) is 33.3 Å². The molecule has 2 rings (SSSR count). The van der Waals surface area contributed by atoms with E-state index < -0.39 is 6.10 Å². The van der Waals surface area contributed by atoms with Gasteiger partial charge in [0.2, 0.25) is 0 Å². The summed E-state index contributed by atoms with van der Waals surface area (Å²) in [5.41, 5.74) is 4.02. The fourth-order valence-corrected chi connectivity index (χ4v) is 2.33. The first-order chi connectivity index (χ1) is 9.99. The van der Waals surface area contributed by atoms with Crippen LogP contribution in [0.1, 0.15) is 35.1 Å². The van der Waals surface area contributed by atoms with Gasteiger partial charge in [-0.15, -0.1) is 0 Å². The van der Waals surface area contributed by atoms with Crippen molar-refractivity contribution in [2.75, 3.05) is 6.54 Å². The van der Waals surface area contributed by atoms with E-state index in [1.165, 1.54) is 11.4 Å². The molecule has 4 heteroatoms. The Kier molecular flexibility index (Phi) is 4.81. The predicted octanol–water partition coefficient (Wildman–Crippen LogP) is 2.59. The highest BCUT2D eigenvalue weighted by Gasteiger charge is 2.08. The van der Waals surface area contributed by atoms with E-state index in [1.54, 1.807) is 6.92 Å². The van der Waals surface area contributed by atoms with Gasteiger partial charge in [-0.25, -0.2) is 0 Å². The predicted molar refractivity (Wildman–Crippen MR) is 83.9 cm³/mol. The van der Waals surface area contributed by atoms with E-state index in [1.807, 2.05) is 24.3 Å². The van der Waals surface area contributed by atoms with E-state index >= 15 is 0 Å². The van der Waals surface area contributed by atoms with Gasteiger partial charge in [-0.05, 0) is 63.6 Å². The summed E-state index contributed by atoms with van der Waals surface area (Å²) in [6.45, 7) is 6.31. The highest BCUT2D eigenvalue weighted by Crippen LogP contribution is 2.16. The second-order valence-electron chi connectivity index (χ2n) is 5.39. The summed E-state index contributed by atoms with van der Waals surface area (Å²) in [4.78, 5) is 12.0. The Morgan fingerprint density at radius 2 is 1.71 bits per heavy atom. The number of rotatable bonds is 5. The molecule has 21 heavy (non-hydrogen) atoms. The largest absolute Gasteiger partial charge is 0.393 e. The maximum Gasteiger partial charge on any atom is 0.251 e. The maximum absolute atomic E-state index is 12.0. The lowest BCUT2D eigenvalue weighted by Gasteiger charge is -2.11. The minimum atomic E-state index is -0.396. The molecule has 0 bridgehead atoms. The molecule has 0 aliphatic rings. The maximum atomic E-state index is 12.0. The van der Waals surface area contributed by atoms with Gasteiger partial charge in [0, 0.05) is 29.2 Å². The third-order valence-electron chi connectivity index (χ3n) is 3.51. The van der Waals surface area contributed by atoms with Crippen molar-refractivity contribution >= 4 is 5.91 Å². The van der Waals surface area contributed by atoms with Crippen LogP contribution in [-0.4, -0.2) is 28.2 Å². The minimum Gasteiger partial charge on any atom is -0.393 e. The lowest BCUT2D eigenvalue weighted by atomic mass is 10.2. The standard InChI is InChI=1S/C17H22N2O2/c1-12-4-5-13(2)19(12)16-8-6-15(7-9-16)17(21)18-11-10-14(3)20/h4-9,14,20H,10-11H2,1-3H3,(H,18,21). The number of nitrogens with zero attached hydrogens (tertiary/aromatic N) is 1. The van der Waals surface area contributed by atoms with Gasteiger partial charge in [-0.3, -0.25) is 4.79 Å². The smallest absolute Gasteiger partial charge is 0.251 e. The van der Waals surface area contributed by atoms with Gasteiger partial charge in [0.1, 0.15) is 0 Å². The Bertz CT molecular complexity index is 593. The molecule has 2 N–H and O–H groups in total. The molecule has 1 unspecified atom stereocenters. The van der Waals surface area contributed by atoms with E-state index in [-0.39, 0.29) is 5.91 Å². The Labute approximate surface area is 125 Å². The minimum absolute atomic E-state index is 0.108. The number of nitrogens with one attached hydrogen (secondary N) is 1. The van der Waals surface area contributed by atoms with Crippen LogP contribution in [0.4, 0.5) is 0 Å². The number of aromatic nitrogens is 1. The first kappa shape index (κ1) is 15.3. The van der Waals surface area contributed by atoms with E-state index in [4.69, 9.17) is 0 Å². The first-order valence-electron chi connectivity index (χ1n) is 7.20. The summed E-state index contributed by atoms with van der Waals surface area (Å²) in [6.07, 6.45) is 0.165. The number of carbonyl (C=O) groups excluding carboxylic acids is 1. The van der Waals surface area contributed by atoms with Crippen LogP contribution >= 0.6 is 0 Å². The number of aryl methyl sites for hydroxylation is 2. The van der Waals surface area contributed by atoms with Gasteiger partial charge in [0.25, 0.3) is 5.91 Å². The third kappa shape index (κ3) is 3.73. The van der Waals surface area contributed by atoms with Crippen LogP contribution in [0.25, 0.3) is 5.69 Å². The Hall–Kier alpha value is -2.07. The monoisotopic (exact) mass is 286 g/mol. The van der Waals surface area contributed by atoms with Crippen molar-refractivity contribution in [3.05, 3.63) is 53.3 Å².